The van der Waals surface area contributed by atoms with Crippen molar-refractivity contribution in [2.24, 2.45) is 0 Å². The van der Waals surface area contributed by atoms with E-state index in [2.05, 4.69) is 21.9 Å². The van der Waals surface area contributed by atoms with Crippen molar-refractivity contribution in [1.82, 2.24) is 4.90 Å². The second-order valence-corrected chi connectivity index (χ2v) is 8.51. The average Bonchev–Trinajstić information content (AvgIpc) is 3.10. The summed E-state index contributed by atoms with van der Waals surface area (Å²) < 4.78 is 0. The van der Waals surface area contributed by atoms with Gasteiger partial charge in [-0.3, -0.25) is 24.6 Å². The van der Waals surface area contributed by atoms with E-state index in [1.54, 1.807) is 30.3 Å². The van der Waals surface area contributed by atoms with Crippen LogP contribution >= 0.6 is 0 Å². The third kappa shape index (κ3) is 4.13. The van der Waals surface area contributed by atoms with Crippen LogP contribution in [0.1, 0.15) is 31.8 Å². The Bertz CT molecular complexity index is 1270. The van der Waals surface area contributed by atoms with Crippen molar-refractivity contribution in [3.63, 3.8) is 0 Å². The lowest BCUT2D eigenvalue weighted by Crippen LogP contribution is -2.46. The average molecular weight is 453 g/mol. The van der Waals surface area contributed by atoms with Crippen LogP contribution in [0.5, 0.6) is 0 Å². The molecule has 1 saturated heterocycles. The van der Waals surface area contributed by atoms with Crippen LogP contribution in [0, 0.1) is 10.1 Å². The topological polar surface area (TPSA) is 83.8 Å². The highest BCUT2D eigenvalue weighted by Crippen LogP contribution is 2.33. The first-order chi connectivity index (χ1) is 16.5. The fourth-order valence-electron chi connectivity index (χ4n) is 4.61. The Morgan fingerprint density at radius 2 is 1.44 bits per heavy atom. The molecular formula is C27H23N3O4. The maximum absolute atomic E-state index is 12.9. The van der Waals surface area contributed by atoms with Gasteiger partial charge in [-0.25, -0.2) is 0 Å². The molecule has 1 heterocycles. The summed E-state index contributed by atoms with van der Waals surface area (Å²) in [5.41, 5.74) is 3.28. The molecule has 0 amide bonds. The maximum Gasteiger partial charge on any atom is 0.270 e. The number of rotatable bonds is 5. The molecule has 7 heteroatoms. The SMILES string of the molecule is O=C1C(=Cc2cc([N+](=O)[O-])ccc2N2CCN(Cc3ccccc3)CC2)C(=O)c2ccccc21. The first-order valence-corrected chi connectivity index (χ1v) is 11.2. The number of nitro benzene ring substituents is 1. The Kier molecular flexibility index (Phi) is 5.77. The first-order valence-electron chi connectivity index (χ1n) is 11.2. The summed E-state index contributed by atoms with van der Waals surface area (Å²) in [6.07, 6.45) is 1.52. The highest BCUT2D eigenvalue weighted by Gasteiger charge is 2.33. The molecule has 2 aliphatic rings. The quantitative estimate of drug-likeness (QED) is 0.247. The number of benzene rings is 3. The third-order valence-electron chi connectivity index (χ3n) is 6.39. The number of carbonyl (C=O) groups is 2. The van der Waals surface area contributed by atoms with Crippen molar-refractivity contribution in [3.8, 4) is 0 Å². The molecule has 1 fully saturated rings. The van der Waals surface area contributed by atoms with Crippen molar-refractivity contribution < 1.29 is 14.5 Å². The highest BCUT2D eigenvalue weighted by atomic mass is 16.6. The van der Waals surface area contributed by atoms with Gasteiger partial charge in [-0.2, -0.15) is 0 Å². The molecule has 34 heavy (non-hydrogen) atoms. The number of hydrogen-bond acceptors (Lipinski definition) is 6. The zero-order chi connectivity index (χ0) is 23.7. The van der Waals surface area contributed by atoms with E-state index in [0.717, 1.165) is 38.4 Å². The van der Waals surface area contributed by atoms with Gasteiger partial charge in [-0.15, -0.1) is 0 Å². The Morgan fingerprint density at radius 1 is 0.824 bits per heavy atom. The highest BCUT2D eigenvalue weighted by molar-refractivity contribution is 6.41. The molecule has 5 rings (SSSR count). The number of nitro groups is 1. The summed E-state index contributed by atoms with van der Waals surface area (Å²) in [7, 11) is 0. The molecule has 3 aromatic rings. The van der Waals surface area contributed by atoms with Crippen molar-refractivity contribution in [1.29, 1.82) is 0 Å². The molecule has 0 saturated carbocycles. The summed E-state index contributed by atoms with van der Waals surface area (Å²) in [5, 5.41) is 11.4. The fourth-order valence-corrected chi connectivity index (χ4v) is 4.61. The molecule has 0 aromatic heterocycles. The number of fused-ring (bicyclic) bond motifs is 1. The summed E-state index contributed by atoms with van der Waals surface area (Å²) in [6, 6.07) is 21.6. The molecule has 0 N–H and O–H groups in total. The zero-order valence-corrected chi connectivity index (χ0v) is 18.5. The number of non-ortho nitro benzene ring substituents is 1. The van der Waals surface area contributed by atoms with Crippen LogP contribution in [0.4, 0.5) is 11.4 Å². The molecule has 0 atom stereocenters. The zero-order valence-electron chi connectivity index (χ0n) is 18.5. The Balaban J connectivity index is 1.42. The Morgan fingerprint density at radius 3 is 2.06 bits per heavy atom. The van der Waals surface area contributed by atoms with Crippen LogP contribution in [0.15, 0.2) is 78.4 Å². The van der Waals surface area contributed by atoms with Crippen molar-refractivity contribution in [3.05, 3.63) is 111 Å². The van der Waals surface area contributed by atoms with Crippen molar-refractivity contribution >= 4 is 29.0 Å². The van der Waals surface area contributed by atoms with E-state index in [0.29, 0.717) is 16.7 Å². The van der Waals surface area contributed by atoms with Crippen LogP contribution in [0.2, 0.25) is 0 Å². The summed E-state index contributed by atoms with van der Waals surface area (Å²) in [6.45, 7) is 4.02. The van der Waals surface area contributed by atoms with Gasteiger partial charge in [-0.05, 0) is 17.7 Å². The number of hydrogen-bond donors (Lipinski definition) is 0. The van der Waals surface area contributed by atoms with E-state index < -0.39 is 4.92 Å². The summed E-state index contributed by atoms with van der Waals surface area (Å²) >= 11 is 0. The number of Topliss-reactive ketones (excluding diaryl/α,β-unsaturated/α-hetero) is 2. The number of anilines is 1. The van der Waals surface area contributed by atoms with E-state index >= 15 is 0 Å². The minimum atomic E-state index is -0.462. The predicted molar refractivity (Wildman–Crippen MR) is 130 cm³/mol. The van der Waals surface area contributed by atoms with Gasteiger partial charge >= 0.3 is 0 Å². The smallest absolute Gasteiger partial charge is 0.270 e. The van der Waals surface area contributed by atoms with E-state index in [4.69, 9.17) is 0 Å². The lowest BCUT2D eigenvalue weighted by molar-refractivity contribution is -0.384. The van der Waals surface area contributed by atoms with Crippen molar-refractivity contribution in [2.75, 3.05) is 31.1 Å². The second kappa shape index (κ2) is 9.03. The van der Waals surface area contributed by atoms with Crippen LogP contribution in [0.25, 0.3) is 6.08 Å². The van der Waals surface area contributed by atoms with Gasteiger partial charge in [0.15, 0.2) is 11.6 Å². The van der Waals surface area contributed by atoms with Gasteiger partial charge in [0.1, 0.15) is 0 Å². The number of nitrogens with zero attached hydrogens (tertiary/aromatic N) is 3. The largest absolute Gasteiger partial charge is 0.368 e. The van der Waals surface area contributed by atoms with E-state index in [9.17, 15) is 19.7 Å². The molecule has 3 aromatic carbocycles. The van der Waals surface area contributed by atoms with Gasteiger partial charge in [0.2, 0.25) is 0 Å². The first kappa shape index (κ1) is 21.7. The molecule has 1 aliphatic carbocycles. The van der Waals surface area contributed by atoms with E-state index in [1.165, 1.54) is 23.8 Å². The van der Waals surface area contributed by atoms with Crippen LogP contribution in [-0.2, 0) is 6.54 Å². The number of piperazine rings is 1. The van der Waals surface area contributed by atoms with Crippen LogP contribution < -0.4 is 4.90 Å². The van der Waals surface area contributed by atoms with Gasteiger partial charge in [-0.1, -0.05) is 54.6 Å². The standard InChI is InChI=1S/C27H23N3O4/c31-26-22-8-4-5-9-23(22)27(32)24(26)17-20-16-21(30(33)34)10-11-25(20)29-14-12-28(13-15-29)18-19-6-2-1-3-7-19/h1-11,16-17H,12-15,18H2. The van der Waals surface area contributed by atoms with E-state index in [1.807, 2.05) is 18.2 Å². The minimum Gasteiger partial charge on any atom is -0.368 e. The molecule has 7 nitrogen and oxygen atoms in total. The number of allylic oxidation sites excluding steroid dienone is 1. The second-order valence-electron chi connectivity index (χ2n) is 8.51. The molecule has 1 aliphatic heterocycles. The fraction of sp³-hybridized carbons (Fsp3) is 0.185. The lowest BCUT2D eigenvalue weighted by Gasteiger charge is -2.36. The minimum absolute atomic E-state index is 0.0469. The Hall–Kier alpha value is -4.10. The molecular weight excluding hydrogens is 430 g/mol. The Labute approximate surface area is 197 Å². The van der Waals surface area contributed by atoms with Gasteiger partial charge in [0.25, 0.3) is 5.69 Å². The molecule has 170 valence electrons. The van der Waals surface area contributed by atoms with Gasteiger partial charge in [0.05, 0.1) is 10.5 Å². The molecule has 0 unspecified atom stereocenters. The van der Waals surface area contributed by atoms with Crippen molar-refractivity contribution in [2.45, 2.75) is 6.54 Å². The number of ketones is 2. The third-order valence-corrected chi connectivity index (χ3v) is 6.39. The lowest BCUT2D eigenvalue weighted by atomic mass is 10.0. The summed E-state index contributed by atoms with van der Waals surface area (Å²) in [5.74, 6) is -0.684. The van der Waals surface area contributed by atoms with Gasteiger partial charge < -0.3 is 4.90 Å². The normalized spacial score (nSPS) is 16.0. The van der Waals surface area contributed by atoms with Crippen LogP contribution in [0.3, 0.4) is 0 Å². The monoisotopic (exact) mass is 453 g/mol. The van der Waals surface area contributed by atoms with Gasteiger partial charge in [0, 0.05) is 67.2 Å². The number of carbonyl (C=O) groups excluding carboxylic acids is 2. The molecule has 0 bridgehead atoms. The molecule has 0 radical (unpaired) electrons. The predicted octanol–water partition coefficient (Wildman–Crippen LogP) is 4.38. The molecule has 0 spiro atoms. The van der Waals surface area contributed by atoms with Crippen LogP contribution in [-0.4, -0.2) is 47.6 Å². The van der Waals surface area contributed by atoms with E-state index in [-0.39, 0.29) is 22.8 Å². The summed E-state index contributed by atoms with van der Waals surface area (Å²) in [4.78, 5) is 41.3. The maximum atomic E-state index is 12.9.